The van der Waals surface area contributed by atoms with E-state index < -0.39 is 0 Å². The third-order valence-corrected chi connectivity index (χ3v) is 5.83. The first-order valence-electron chi connectivity index (χ1n) is 9.90. The summed E-state index contributed by atoms with van der Waals surface area (Å²) in [4.78, 5) is 4.57. The SMILES string of the molecule is CC1CC(c2cc3cc(-c4ccccc4)ccc3o2)=CN=C1c1c(F)cccc1Cl. The number of fused-ring (bicyclic) bond motifs is 1. The van der Waals surface area contributed by atoms with Crippen LogP contribution in [-0.4, -0.2) is 5.71 Å². The lowest BCUT2D eigenvalue weighted by Gasteiger charge is -2.20. The summed E-state index contributed by atoms with van der Waals surface area (Å²) in [5, 5.41) is 1.43. The zero-order valence-electron chi connectivity index (χ0n) is 16.4. The lowest BCUT2D eigenvalue weighted by molar-refractivity contribution is 0.590. The van der Waals surface area contributed by atoms with Crippen LogP contribution in [0.1, 0.15) is 24.7 Å². The van der Waals surface area contributed by atoms with Crippen LogP contribution in [-0.2, 0) is 0 Å². The fraction of sp³-hybridized carbons (Fsp3) is 0.115. The van der Waals surface area contributed by atoms with Crippen molar-refractivity contribution in [2.24, 2.45) is 10.9 Å². The minimum absolute atomic E-state index is 0.0208. The molecule has 1 aliphatic heterocycles. The van der Waals surface area contributed by atoms with Crippen molar-refractivity contribution in [3.8, 4) is 11.1 Å². The second-order valence-corrected chi connectivity index (χ2v) is 8.01. The molecule has 3 aromatic carbocycles. The predicted molar refractivity (Wildman–Crippen MR) is 121 cm³/mol. The fourth-order valence-electron chi connectivity index (χ4n) is 3.98. The van der Waals surface area contributed by atoms with E-state index in [0.29, 0.717) is 22.7 Å². The van der Waals surface area contributed by atoms with Gasteiger partial charge in [0.25, 0.3) is 0 Å². The Balaban J connectivity index is 1.51. The van der Waals surface area contributed by atoms with Gasteiger partial charge in [0.1, 0.15) is 17.2 Å². The summed E-state index contributed by atoms with van der Waals surface area (Å²) in [7, 11) is 0. The van der Waals surface area contributed by atoms with Crippen LogP contribution in [0.15, 0.2) is 88.4 Å². The van der Waals surface area contributed by atoms with Gasteiger partial charge in [0, 0.05) is 23.1 Å². The lowest BCUT2D eigenvalue weighted by Crippen LogP contribution is -2.18. The molecule has 4 aromatic rings. The molecule has 0 spiro atoms. The molecule has 0 saturated carbocycles. The summed E-state index contributed by atoms with van der Waals surface area (Å²) in [6.07, 6.45) is 2.47. The molecular weight excluding hydrogens is 397 g/mol. The van der Waals surface area contributed by atoms with Crippen LogP contribution >= 0.6 is 11.6 Å². The van der Waals surface area contributed by atoms with Crippen LogP contribution in [0.2, 0.25) is 5.02 Å². The van der Waals surface area contributed by atoms with E-state index in [1.165, 1.54) is 11.6 Å². The monoisotopic (exact) mass is 415 g/mol. The molecule has 0 N–H and O–H groups in total. The first-order chi connectivity index (χ1) is 14.6. The first-order valence-corrected chi connectivity index (χ1v) is 10.3. The lowest BCUT2D eigenvalue weighted by atomic mass is 9.89. The maximum atomic E-state index is 14.3. The zero-order valence-corrected chi connectivity index (χ0v) is 17.2. The Hall–Kier alpha value is -3.17. The highest BCUT2D eigenvalue weighted by Crippen LogP contribution is 2.35. The van der Waals surface area contributed by atoms with E-state index in [4.69, 9.17) is 16.0 Å². The summed E-state index contributed by atoms with van der Waals surface area (Å²) < 4.78 is 20.4. The van der Waals surface area contributed by atoms with E-state index in [1.807, 2.05) is 31.2 Å². The topological polar surface area (TPSA) is 25.5 Å². The number of halogens is 2. The highest BCUT2D eigenvalue weighted by atomic mass is 35.5. The van der Waals surface area contributed by atoms with Gasteiger partial charge in [-0.3, -0.25) is 4.99 Å². The second kappa shape index (κ2) is 7.58. The van der Waals surface area contributed by atoms with Gasteiger partial charge < -0.3 is 4.42 Å². The van der Waals surface area contributed by atoms with Crippen LogP contribution in [0.4, 0.5) is 4.39 Å². The van der Waals surface area contributed by atoms with Gasteiger partial charge >= 0.3 is 0 Å². The summed E-state index contributed by atoms with van der Waals surface area (Å²) in [5.74, 6) is 0.471. The number of furan rings is 1. The van der Waals surface area contributed by atoms with Crippen molar-refractivity contribution < 1.29 is 8.81 Å². The predicted octanol–water partition coefficient (Wildman–Crippen LogP) is 7.76. The van der Waals surface area contributed by atoms with Crippen LogP contribution < -0.4 is 0 Å². The Morgan fingerprint density at radius 2 is 1.80 bits per heavy atom. The summed E-state index contributed by atoms with van der Waals surface area (Å²) >= 11 is 6.24. The summed E-state index contributed by atoms with van der Waals surface area (Å²) in [6.45, 7) is 2.03. The van der Waals surface area contributed by atoms with Gasteiger partial charge in [-0.2, -0.15) is 0 Å². The maximum Gasteiger partial charge on any atom is 0.134 e. The van der Waals surface area contributed by atoms with Crippen molar-refractivity contribution in [3.63, 3.8) is 0 Å². The Bertz CT molecular complexity index is 1280. The third-order valence-electron chi connectivity index (χ3n) is 5.51. The van der Waals surface area contributed by atoms with Gasteiger partial charge in [0.2, 0.25) is 0 Å². The Kier molecular flexibility index (Phi) is 4.76. The molecule has 0 aliphatic carbocycles. The summed E-state index contributed by atoms with van der Waals surface area (Å²) in [5.41, 5.74) is 5.21. The first kappa shape index (κ1) is 18.8. The van der Waals surface area contributed by atoms with Gasteiger partial charge in [-0.25, -0.2) is 4.39 Å². The molecular formula is C26H19ClFNO. The molecule has 0 fully saturated rings. The van der Waals surface area contributed by atoms with Crippen LogP contribution in [0, 0.1) is 11.7 Å². The van der Waals surface area contributed by atoms with Crippen molar-refractivity contribution >= 4 is 33.9 Å². The quantitative estimate of drug-likeness (QED) is 0.335. The van der Waals surface area contributed by atoms with E-state index >= 15 is 0 Å². The van der Waals surface area contributed by atoms with Crippen LogP contribution in [0.3, 0.4) is 0 Å². The zero-order chi connectivity index (χ0) is 20.7. The molecule has 1 aromatic heterocycles. The number of hydrogen-bond donors (Lipinski definition) is 0. The normalized spacial score (nSPS) is 16.4. The Labute approximate surface area is 179 Å². The molecule has 148 valence electrons. The molecule has 1 atom stereocenters. The van der Waals surface area contributed by atoms with Gasteiger partial charge in [-0.05, 0) is 47.9 Å². The Morgan fingerprint density at radius 1 is 0.967 bits per heavy atom. The molecule has 2 heterocycles. The van der Waals surface area contributed by atoms with E-state index in [-0.39, 0.29) is 11.7 Å². The molecule has 4 heteroatoms. The molecule has 0 amide bonds. The van der Waals surface area contributed by atoms with Crippen molar-refractivity contribution in [1.82, 2.24) is 0 Å². The molecule has 0 radical (unpaired) electrons. The van der Waals surface area contributed by atoms with Crippen molar-refractivity contribution in [2.45, 2.75) is 13.3 Å². The van der Waals surface area contributed by atoms with Gasteiger partial charge in [-0.15, -0.1) is 0 Å². The smallest absolute Gasteiger partial charge is 0.134 e. The number of benzene rings is 3. The highest BCUT2D eigenvalue weighted by molar-refractivity contribution is 6.34. The number of allylic oxidation sites excluding steroid dienone is 1. The molecule has 1 unspecified atom stereocenters. The van der Waals surface area contributed by atoms with E-state index in [9.17, 15) is 4.39 Å². The third kappa shape index (κ3) is 3.35. The molecule has 1 aliphatic rings. The fourth-order valence-corrected chi connectivity index (χ4v) is 4.24. The molecule has 5 rings (SSSR count). The van der Waals surface area contributed by atoms with E-state index in [0.717, 1.165) is 27.9 Å². The number of nitrogens with zero attached hydrogens (tertiary/aromatic N) is 1. The number of rotatable bonds is 3. The maximum absolute atomic E-state index is 14.3. The Morgan fingerprint density at radius 3 is 2.57 bits per heavy atom. The van der Waals surface area contributed by atoms with Gasteiger partial charge in [0.15, 0.2) is 0 Å². The molecule has 30 heavy (non-hydrogen) atoms. The molecule has 2 nitrogen and oxygen atoms in total. The standard InChI is InChI=1S/C26H19ClFNO/c1-16-12-20(15-29-26(16)25-21(27)8-5-9-22(25)28)24-14-19-13-18(10-11-23(19)30-24)17-6-3-2-4-7-17/h2-11,13-16H,12H2,1H3. The average molecular weight is 416 g/mol. The van der Waals surface area contributed by atoms with Crippen molar-refractivity contribution in [2.75, 3.05) is 0 Å². The van der Waals surface area contributed by atoms with Crippen LogP contribution in [0.5, 0.6) is 0 Å². The highest BCUT2D eigenvalue weighted by Gasteiger charge is 2.25. The molecule has 0 bridgehead atoms. The van der Waals surface area contributed by atoms with Gasteiger partial charge in [0.05, 0.1) is 16.3 Å². The largest absolute Gasteiger partial charge is 0.456 e. The number of hydrogen-bond acceptors (Lipinski definition) is 2. The average Bonchev–Trinajstić information content (AvgIpc) is 3.19. The van der Waals surface area contributed by atoms with Crippen LogP contribution in [0.25, 0.3) is 27.7 Å². The van der Waals surface area contributed by atoms with E-state index in [2.05, 4.69) is 35.3 Å². The van der Waals surface area contributed by atoms with Crippen molar-refractivity contribution in [1.29, 1.82) is 0 Å². The summed E-state index contributed by atoms with van der Waals surface area (Å²) in [6, 6.07) is 23.2. The number of aliphatic imine (C=N–C) groups is 1. The minimum atomic E-state index is -0.345. The van der Waals surface area contributed by atoms with Gasteiger partial charge in [-0.1, -0.05) is 61.0 Å². The second-order valence-electron chi connectivity index (χ2n) is 7.60. The van der Waals surface area contributed by atoms with Crippen molar-refractivity contribution in [3.05, 3.63) is 101 Å². The van der Waals surface area contributed by atoms with E-state index in [1.54, 1.807) is 18.3 Å². The molecule has 0 saturated heterocycles. The minimum Gasteiger partial charge on any atom is -0.456 e.